The lowest BCUT2D eigenvalue weighted by Crippen LogP contribution is -2.42. The quantitative estimate of drug-likeness (QED) is 0.930. The molecular formula is C19H23NO. The lowest BCUT2D eigenvalue weighted by Gasteiger charge is -2.36. The predicted molar refractivity (Wildman–Crippen MR) is 86.7 cm³/mol. The highest BCUT2D eigenvalue weighted by Crippen LogP contribution is 2.37. The summed E-state index contributed by atoms with van der Waals surface area (Å²) in [6, 6.07) is 15.0. The molecule has 0 saturated heterocycles. The van der Waals surface area contributed by atoms with E-state index in [2.05, 4.69) is 43.3 Å². The summed E-state index contributed by atoms with van der Waals surface area (Å²) < 4.78 is 5.39. The molecule has 1 aliphatic rings. The normalized spacial score (nSPS) is 20.9. The molecule has 0 amide bonds. The van der Waals surface area contributed by atoms with E-state index in [1.165, 1.54) is 22.3 Å². The molecule has 21 heavy (non-hydrogen) atoms. The summed E-state index contributed by atoms with van der Waals surface area (Å²) in [6.45, 7) is 2.13. The van der Waals surface area contributed by atoms with E-state index < -0.39 is 0 Å². The Morgan fingerprint density at radius 2 is 2.05 bits per heavy atom. The summed E-state index contributed by atoms with van der Waals surface area (Å²) in [4.78, 5) is 0. The first-order valence-electron chi connectivity index (χ1n) is 7.62. The lowest BCUT2D eigenvalue weighted by atomic mass is 9.74. The Kier molecular flexibility index (Phi) is 3.73. The van der Waals surface area contributed by atoms with Crippen LogP contribution in [0.25, 0.3) is 0 Å². The van der Waals surface area contributed by atoms with Crippen LogP contribution in [0.15, 0.2) is 42.5 Å². The molecule has 2 aromatic carbocycles. The van der Waals surface area contributed by atoms with E-state index in [9.17, 15) is 0 Å². The number of methoxy groups -OCH3 is 1. The number of fused-ring (bicyclic) bond motifs is 1. The van der Waals surface area contributed by atoms with Gasteiger partial charge in [0.05, 0.1) is 7.11 Å². The Hall–Kier alpha value is -1.80. The Bertz CT molecular complexity index is 650. The number of benzene rings is 2. The van der Waals surface area contributed by atoms with Gasteiger partial charge in [0.2, 0.25) is 0 Å². The van der Waals surface area contributed by atoms with E-state index in [1.807, 2.05) is 6.07 Å². The van der Waals surface area contributed by atoms with E-state index in [0.717, 1.165) is 31.4 Å². The summed E-state index contributed by atoms with van der Waals surface area (Å²) in [5.74, 6) is 0.898. The summed E-state index contributed by atoms with van der Waals surface area (Å²) in [5.41, 5.74) is 11.8. The summed E-state index contributed by atoms with van der Waals surface area (Å²) in [7, 11) is 1.71. The maximum Gasteiger partial charge on any atom is 0.119 e. The molecule has 0 aromatic heterocycles. The molecule has 3 rings (SSSR count). The molecule has 0 aliphatic heterocycles. The molecule has 0 heterocycles. The molecule has 2 aromatic rings. The van der Waals surface area contributed by atoms with Crippen LogP contribution in [0.1, 0.15) is 35.1 Å². The van der Waals surface area contributed by atoms with Gasteiger partial charge in [-0.25, -0.2) is 0 Å². The number of hydrogen-bond donors (Lipinski definition) is 1. The molecule has 1 atom stereocenters. The van der Waals surface area contributed by atoms with Gasteiger partial charge in [-0.15, -0.1) is 0 Å². The third kappa shape index (κ3) is 2.81. The van der Waals surface area contributed by atoms with Gasteiger partial charge < -0.3 is 10.5 Å². The Labute approximate surface area is 126 Å². The van der Waals surface area contributed by atoms with Gasteiger partial charge in [-0.1, -0.05) is 35.9 Å². The van der Waals surface area contributed by atoms with Gasteiger partial charge in [-0.2, -0.15) is 0 Å². The topological polar surface area (TPSA) is 35.2 Å². The van der Waals surface area contributed by atoms with Crippen molar-refractivity contribution in [2.24, 2.45) is 5.73 Å². The van der Waals surface area contributed by atoms with Crippen LogP contribution in [0.4, 0.5) is 0 Å². The first kappa shape index (κ1) is 14.2. The van der Waals surface area contributed by atoms with E-state index in [-0.39, 0.29) is 5.54 Å². The van der Waals surface area contributed by atoms with Crippen molar-refractivity contribution in [3.05, 3.63) is 64.7 Å². The summed E-state index contributed by atoms with van der Waals surface area (Å²) in [5, 5.41) is 0. The van der Waals surface area contributed by atoms with Crippen LogP contribution in [-0.4, -0.2) is 7.11 Å². The molecule has 2 nitrogen and oxygen atoms in total. The van der Waals surface area contributed by atoms with E-state index in [4.69, 9.17) is 10.5 Å². The fourth-order valence-corrected chi connectivity index (χ4v) is 3.46. The van der Waals surface area contributed by atoms with Crippen molar-refractivity contribution in [1.29, 1.82) is 0 Å². The highest BCUT2D eigenvalue weighted by atomic mass is 16.5. The minimum atomic E-state index is -0.282. The van der Waals surface area contributed by atoms with Crippen LogP contribution in [0.2, 0.25) is 0 Å². The molecule has 2 N–H and O–H groups in total. The molecule has 0 bridgehead atoms. The number of hydrogen-bond acceptors (Lipinski definition) is 2. The standard InChI is InChI=1S/C19H23NO/c1-14-5-3-6-15(11-14)13-19(20)10-4-7-16-8-9-17(21-2)12-18(16)19/h3,5-6,8-9,11-12H,4,7,10,13,20H2,1-2H3. The Morgan fingerprint density at radius 3 is 2.81 bits per heavy atom. The first-order chi connectivity index (χ1) is 10.1. The minimum absolute atomic E-state index is 0.282. The fourth-order valence-electron chi connectivity index (χ4n) is 3.46. The highest BCUT2D eigenvalue weighted by Gasteiger charge is 2.33. The minimum Gasteiger partial charge on any atom is -0.497 e. The van der Waals surface area contributed by atoms with Crippen LogP contribution < -0.4 is 10.5 Å². The second-order valence-electron chi connectivity index (χ2n) is 6.20. The maximum absolute atomic E-state index is 6.82. The molecule has 0 spiro atoms. The zero-order chi connectivity index (χ0) is 14.9. The van der Waals surface area contributed by atoms with Crippen LogP contribution in [0.5, 0.6) is 5.75 Å². The van der Waals surface area contributed by atoms with Gasteiger partial charge in [0.25, 0.3) is 0 Å². The number of rotatable bonds is 3. The molecule has 1 aliphatic carbocycles. The van der Waals surface area contributed by atoms with Crippen LogP contribution >= 0.6 is 0 Å². The number of aryl methyl sites for hydroxylation is 2. The van der Waals surface area contributed by atoms with Crippen molar-refractivity contribution < 1.29 is 4.74 Å². The molecular weight excluding hydrogens is 258 g/mol. The van der Waals surface area contributed by atoms with Gasteiger partial charge in [0.1, 0.15) is 5.75 Å². The zero-order valence-corrected chi connectivity index (χ0v) is 12.9. The molecule has 110 valence electrons. The second-order valence-corrected chi connectivity index (χ2v) is 6.20. The van der Waals surface area contributed by atoms with Gasteiger partial charge >= 0.3 is 0 Å². The van der Waals surface area contributed by atoms with Crippen molar-refractivity contribution in [2.75, 3.05) is 7.11 Å². The molecule has 1 unspecified atom stereocenters. The second kappa shape index (κ2) is 5.53. The molecule has 2 heteroatoms. The van der Waals surface area contributed by atoms with Gasteiger partial charge in [-0.3, -0.25) is 0 Å². The average Bonchev–Trinajstić information content (AvgIpc) is 2.47. The van der Waals surface area contributed by atoms with E-state index >= 15 is 0 Å². The number of nitrogens with two attached hydrogens (primary N) is 1. The smallest absolute Gasteiger partial charge is 0.119 e. The Morgan fingerprint density at radius 1 is 1.19 bits per heavy atom. The summed E-state index contributed by atoms with van der Waals surface area (Å²) in [6.07, 6.45) is 4.18. The van der Waals surface area contributed by atoms with Gasteiger partial charge in [0.15, 0.2) is 0 Å². The molecule has 0 fully saturated rings. The van der Waals surface area contributed by atoms with E-state index in [1.54, 1.807) is 7.11 Å². The fraction of sp³-hybridized carbons (Fsp3) is 0.368. The average molecular weight is 281 g/mol. The zero-order valence-electron chi connectivity index (χ0n) is 12.9. The summed E-state index contributed by atoms with van der Waals surface area (Å²) >= 11 is 0. The third-order valence-electron chi connectivity index (χ3n) is 4.52. The maximum atomic E-state index is 6.82. The van der Waals surface area contributed by atoms with Crippen molar-refractivity contribution in [3.8, 4) is 5.75 Å². The van der Waals surface area contributed by atoms with Crippen molar-refractivity contribution >= 4 is 0 Å². The lowest BCUT2D eigenvalue weighted by molar-refractivity contribution is 0.363. The Balaban J connectivity index is 1.98. The first-order valence-corrected chi connectivity index (χ1v) is 7.62. The van der Waals surface area contributed by atoms with Crippen LogP contribution in [-0.2, 0) is 18.4 Å². The van der Waals surface area contributed by atoms with Crippen molar-refractivity contribution in [2.45, 2.75) is 38.1 Å². The molecule has 0 radical (unpaired) electrons. The monoisotopic (exact) mass is 281 g/mol. The molecule has 0 saturated carbocycles. The third-order valence-corrected chi connectivity index (χ3v) is 4.52. The highest BCUT2D eigenvalue weighted by molar-refractivity contribution is 5.43. The predicted octanol–water partition coefficient (Wildman–Crippen LogP) is 3.74. The largest absolute Gasteiger partial charge is 0.497 e. The van der Waals surface area contributed by atoms with Crippen LogP contribution in [0, 0.1) is 6.92 Å². The van der Waals surface area contributed by atoms with Gasteiger partial charge in [-0.05, 0) is 61.4 Å². The SMILES string of the molecule is COc1ccc2c(c1)C(N)(Cc1cccc(C)c1)CCC2. The van der Waals surface area contributed by atoms with Gasteiger partial charge in [0, 0.05) is 5.54 Å². The number of ether oxygens (including phenoxy) is 1. The van der Waals surface area contributed by atoms with E-state index in [0.29, 0.717) is 0 Å². The van der Waals surface area contributed by atoms with Crippen molar-refractivity contribution in [3.63, 3.8) is 0 Å². The van der Waals surface area contributed by atoms with Crippen molar-refractivity contribution in [1.82, 2.24) is 0 Å². The van der Waals surface area contributed by atoms with Crippen LogP contribution in [0.3, 0.4) is 0 Å².